The molecular weight excluding hydrogens is 504 g/mol. The number of benzene rings is 3. The third kappa shape index (κ3) is 9.55. The van der Waals surface area contributed by atoms with Crippen LogP contribution in [0, 0.1) is 11.8 Å². The standard InChI is InChI=1S/C30H24O9/c1-3-27(31)36-19-28(32)37-20-29(33)38-25-17-11-23(12-18-25)30(34)39-26-15-9-22(10-16-26)6-5-21-7-13-24(14-8-21)35-4-2/h3,7-18H,1,4,19-20H2,2H3. The van der Waals surface area contributed by atoms with Gasteiger partial charge in [-0.3, -0.25) is 0 Å². The molecule has 0 aliphatic rings. The fourth-order valence-electron chi connectivity index (χ4n) is 2.91. The molecule has 0 unspecified atom stereocenters. The van der Waals surface area contributed by atoms with Crippen molar-refractivity contribution in [1.29, 1.82) is 0 Å². The molecule has 0 saturated carbocycles. The second kappa shape index (κ2) is 14.4. The molecule has 3 aromatic carbocycles. The Morgan fingerprint density at radius 1 is 0.692 bits per heavy atom. The molecule has 0 aliphatic carbocycles. The predicted octanol–water partition coefficient (Wildman–Crippen LogP) is 3.88. The molecule has 9 heteroatoms. The van der Waals surface area contributed by atoms with Gasteiger partial charge in [0.1, 0.15) is 17.2 Å². The molecule has 0 heterocycles. The maximum absolute atomic E-state index is 12.5. The average Bonchev–Trinajstić information content (AvgIpc) is 2.95. The third-order valence-corrected chi connectivity index (χ3v) is 4.75. The Hall–Kier alpha value is -5.36. The second-order valence-corrected chi connectivity index (χ2v) is 7.59. The SMILES string of the molecule is C=CC(=O)OCC(=O)OCC(=O)Oc1ccc(C(=O)Oc2ccc(C#Cc3ccc(OCC)cc3)cc2)cc1. The summed E-state index contributed by atoms with van der Waals surface area (Å²) in [5.41, 5.74) is 1.82. The summed E-state index contributed by atoms with van der Waals surface area (Å²) in [6, 6.07) is 19.8. The third-order valence-electron chi connectivity index (χ3n) is 4.75. The summed E-state index contributed by atoms with van der Waals surface area (Å²) in [6.07, 6.45) is 0.888. The van der Waals surface area contributed by atoms with Crippen LogP contribution >= 0.6 is 0 Å². The molecule has 198 valence electrons. The topological polar surface area (TPSA) is 114 Å². The lowest BCUT2D eigenvalue weighted by Crippen LogP contribution is -2.22. The van der Waals surface area contributed by atoms with Crippen molar-refractivity contribution in [3.63, 3.8) is 0 Å². The van der Waals surface area contributed by atoms with E-state index in [1.807, 2.05) is 31.2 Å². The van der Waals surface area contributed by atoms with Crippen LogP contribution in [0.1, 0.15) is 28.4 Å². The van der Waals surface area contributed by atoms with Crippen LogP contribution < -0.4 is 14.2 Å². The Morgan fingerprint density at radius 3 is 1.77 bits per heavy atom. The number of ether oxygens (including phenoxy) is 5. The van der Waals surface area contributed by atoms with Crippen molar-refractivity contribution < 1.29 is 42.9 Å². The summed E-state index contributed by atoms with van der Waals surface area (Å²) >= 11 is 0. The highest BCUT2D eigenvalue weighted by Gasteiger charge is 2.13. The van der Waals surface area contributed by atoms with Gasteiger partial charge in [-0.1, -0.05) is 18.4 Å². The molecule has 0 amide bonds. The highest BCUT2D eigenvalue weighted by atomic mass is 16.6. The Balaban J connectivity index is 1.47. The highest BCUT2D eigenvalue weighted by molar-refractivity contribution is 5.91. The van der Waals surface area contributed by atoms with E-state index in [0.29, 0.717) is 12.4 Å². The molecule has 0 fully saturated rings. The molecule has 0 N–H and O–H groups in total. The van der Waals surface area contributed by atoms with Crippen molar-refractivity contribution in [1.82, 2.24) is 0 Å². The van der Waals surface area contributed by atoms with Crippen LogP contribution in [-0.4, -0.2) is 43.7 Å². The first kappa shape index (κ1) is 28.2. The number of rotatable bonds is 10. The van der Waals surface area contributed by atoms with Gasteiger partial charge in [0.25, 0.3) is 0 Å². The molecule has 0 radical (unpaired) electrons. The van der Waals surface area contributed by atoms with E-state index in [0.717, 1.165) is 23.0 Å². The number of carbonyl (C=O) groups is 4. The lowest BCUT2D eigenvalue weighted by Gasteiger charge is -2.07. The summed E-state index contributed by atoms with van der Waals surface area (Å²) in [4.78, 5) is 46.6. The fraction of sp³-hybridized carbons (Fsp3) is 0.133. The van der Waals surface area contributed by atoms with Gasteiger partial charge in [-0.25, -0.2) is 19.2 Å². The Kier molecular flexibility index (Phi) is 10.4. The number of hydrogen-bond donors (Lipinski definition) is 0. The minimum Gasteiger partial charge on any atom is -0.494 e. The lowest BCUT2D eigenvalue weighted by atomic mass is 10.1. The van der Waals surface area contributed by atoms with E-state index in [2.05, 4.69) is 27.9 Å². The van der Waals surface area contributed by atoms with Gasteiger partial charge in [-0.05, 0) is 79.7 Å². The maximum atomic E-state index is 12.5. The van der Waals surface area contributed by atoms with Crippen LogP contribution in [0.3, 0.4) is 0 Å². The molecule has 0 spiro atoms. The molecule has 3 aromatic rings. The summed E-state index contributed by atoms with van der Waals surface area (Å²) < 4.78 is 25.0. The monoisotopic (exact) mass is 528 g/mol. The van der Waals surface area contributed by atoms with E-state index in [9.17, 15) is 19.2 Å². The molecule has 0 saturated heterocycles. The van der Waals surface area contributed by atoms with Gasteiger partial charge < -0.3 is 23.7 Å². The van der Waals surface area contributed by atoms with Crippen LogP contribution in [0.4, 0.5) is 0 Å². The van der Waals surface area contributed by atoms with Gasteiger partial charge in [0.2, 0.25) is 0 Å². The molecule has 0 aliphatic heterocycles. The van der Waals surface area contributed by atoms with Crippen molar-refractivity contribution >= 4 is 23.9 Å². The van der Waals surface area contributed by atoms with Crippen molar-refractivity contribution in [2.75, 3.05) is 19.8 Å². The molecule has 0 bridgehead atoms. The van der Waals surface area contributed by atoms with Crippen molar-refractivity contribution in [3.05, 3.63) is 102 Å². The minimum absolute atomic E-state index is 0.126. The van der Waals surface area contributed by atoms with E-state index < -0.39 is 37.1 Å². The molecular formula is C30H24O9. The first-order valence-corrected chi connectivity index (χ1v) is 11.7. The largest absolute Gasteiger partial charge is 0.494 e. The zero-order valence-electron chi connectivity index (χ0n) is 21.0. The summed E-state index contributed by atoms with van der Waals surface area (Å²) in [6.45, 7) is 4.36. The number of carbonyl (C=O) groups excluding carboxylic acids is 4. The molecule has 9 nitrogen and oxygen atoms in total. The van der Waals surface area contributed by atoms with Crippen LogP contribution in [0.15, 0.2) is 85.5 Å². The first-order valence-electron chi connectivity index (χ1n) is 11.7. The van der Waals surface area contributed by atoms with Gasteiger partial charge in [-0.2, -0.15) is 0 Å². The van der Waals surface area contributed by atoms with Gasteiger partial charge in [-0.15, -0.1) is 0 Å². The average molecular weight is 529 g/mol. The van der Waals surface area contributed by atoms with Crippen molar-refractivity contribution in [2.24, 2.45) is 0 Å². The van der Waals surface area contributed by atoms with Crippen molar-refractivity contribution in [3.8, 4) is 29.1 Å². The highest BCUT2D eigenvalue weighted by Crippen LogP contribution is 2.17. The summed E-state index contributed by atoms with van der Waals surface area (Å²) in [7, 11) is 0. The summed E-state index contributed by atoms with van der Waals surface area (Å²) in [5, 5.41) is 0. The van der Waals surface area contributed by atoms with E-state index in [-0.39, 0.29) is 11.3 Å². The Bertz CT molecular complexity index is 1380. The van der Waals surface area contributed by atoms with Gasteiger partial charge in [0, 0.05) is 17.2 Å². The van der Waals surface area contributed by atoms with Crippen molar-refractivity contribution in [2.45, 2.75) is 6.92 Å². The van der Waals surface area contributed by atoms with Gasteiger partial charge in [0.15, 0.2) is 13.2 Å². The van der Waals surface area contributed by atoms with E-state index in [1.165, 1.54) is 24.3 Å². The molecule has 0 atom stereocenters. The zero-order chi connectivity index (χ0) is 28.0. The quantitative estimate of drug-likeness (QED) is 0.167. The van der Waals surface area contributed by atoms with Crippen LogP contribution in [0.2, 0.25) is 0 Å². The molecule has 0 aromatic heterocycles. The Labute approximate surface area is 224 Å². The summed E-state index contributed by atoms with van der Waals surface area (Å²) in [5.74, 6) is 4.18. The lowest BCUT2D eigenvalue weighted by molar-refractivity contribution is -0.160. The predicted molar refractivity (Wildman–Crippen MR) is 139 cm³/mol. The minimum atomic E-state index is -0.923. The smallest absolute Gasteiger partial charge is 0.349 e. The Morgan fingerprint density at radius 2 is 1.21 bits per heavy atom. The zero-order valence-corrected chi connectivity index (χ0v) is 21.0. The van der Waals surface area contributed by atoms with Gasteiger partial charge >= 0.3 is 23.9 Å². The fourth-order valence-corrected chi connectivity index (χ4v) is 2.91. The van der Waals surface area contributed by atoms with Crippen LogP contribution in [0.25, 0.3) is 0 Å². The van der Waals surface area contributed by atoms with E-state index in [1.54, 1.807) is 24.3 Å². The number of esters is 4. The van der Waals surface area contributed by atoms with Crippen LogP contribution in [-0.2, 0) is 23.9 Å². The van der Waals surface area contributed by atoms with Gasteiger partial charge in [0.05, 0.1) is 12.2 Å². The first-order chi connectivity index (χ1) is 18.9. The number of hydrogen-bond acceptors (Lipinski definition) is 9. The second-order valence-electron chi connectivity index (χ2n) is 7.59. The molecule has 39 heavy (non-hydrogen) atoms. The molecule has 3 rings (SSSR count). The van der Waals surface area contributed by atoms with Crippen LogP contribution in [0.5, 0.6) is 17.2 Å². The van der Waals surface area contributed by atoms with E-state index >= 15 is 0 Å². The van der Waals surface area contributed by atoms with E-state index in [4.69, 9.17) is 14.2 Å². The normalized spacial score (nSPS) is 9.77. The maximum Gasteiger partial charge on any atom is 0.349 e.